The number of H-pyrrole nitrogens is 1. The maximum Gasteiger partial charge on any atom is 0.339 e. The number of imidazole rings is 1. The number of carbonyl (C=O) groups is 1. The average molecular weight is 413 g/mol. The number of aromatic amines is 1. The molecule has 30 heavy (non-hydrogen) atoms. The second-order valence-electron chi connectivity index (χ2n) is 7.89. The molecule has 2 N–H and O–H groups in total. The van der Waals surface area contributed by atoms with Gasteiger partial charge in [-0.3, -0.25) is 9.20 Å². The first kappa shape index (κ1) is 19.1. The van der Waals surface area contributed by atoms with Crippen LogP contribution in [-0.4, -0.2) is 58.5 Å². The van der Waals surface area contributed by atoms with Gasteiger partial charge in [0.05, 0.1) is 30.4 Å². The van der Waals surface area contributed by atoms with Crippen LogP contribution in [0.2, 0.25) is 0 Å². The summed E-state index contributed by atoms with van der Waals surface area (Å²) in [6.07, 6.45) is 4.12. The van der Waals surface area contributed by atoms with Crippen molar-refractivity contribution in [1.29, 1.82) is 0 Å². The van der Waals surface area contributed by atoms with Gasteiger partial charge in [0.1, 0.15) is 22.7 Å². The number of carboxylic acid groups (broad SMARTS) is 1. The van der Waals surface area contributed by atoms with Gasteiger partial charge in [0.2, 0.25) is 0 Å². The van der Waals surface area contributed by atoms with Crippen molar-refractivity contribution in [2.24, 2.45) is 5.92 Å². The Labute approximate surface area is 171 Å². The number of hydrogen-bond acceptors (Lipinski definition) is 6. The van der Waals surface area contributed by atoms with Crippen LogP contribution >= 0.6 is 0 Å². The molecule has 1 unspecified atom stereocenters. The fraction of sp³-hybridized carbons (Fsp3) is 0.476. The molecule has 1 atom stereocenters. The van der Waals surface area contributed by atoms with Crippen LogP contribution in [0, 0.1) is 5.92 Å². The molecule has 2 saturated heterocycles. The van der Waals surface area contributed by atoms with Crippen LogP contribution < -0.4 is 10.3 Å². The number of carboxylic acids is 1. The number of aromatic carboxylic acids is 1. The van der Waals surface area contributed by atoms with E-state index < -0.39 is 5.97 Å². The summed E-state index contributed by atoms with van der Waals surface area (Å²) in [6.45, 7) is 3.00. The van der Waals surface area contributed by atoms with Crippen LogP contribution in [0.25, 0.3) is 16.6 Å². The molecule has 0 bridgehead atoms. The van der Waals surface area contributed by atoms with Crippen LogP contribution in [0.1, 0.15) is 41.4 Å². The minimum atomic E-state index is -1.11. The van der Waals surface area contributed by atoms with E-state index in [2.05, 4.69) is 9.97 Å². The fourth-order valence-corrected chi connectivity index (χ4v) is 4.27. The average Bonchev–Trinajstić information content (AvgIpc) is 3.43. The molecule has 9 heteroatoms. The molecular weight excluding hydrogens is 390 g/mol. The van der Waals surface area contributed by atoms with Crippen LogP contribution in [0.4, 0.5) is 0 Å². The van der Waals surface area contributed by atoms with Crippen LogP contribution in [0.3, 0.4) is 0 Å². The van der Waals surface area contributed by atoms with Crippen LogP contribution in [0.15, 0.2) is 23.1 Å². The van der Waals surface area contributed by atoms with Crippen molar-refractivity contribution >= 4 is 22.5 Å². The Morgan fingerprint density at radius 2 is 2.00 bits per heavy atom. The van der Waals surface area contributed by atoms with Crippen molar-refractivity contribution in [3.05, 3.63) is 40.1 Å². The van der Waals surface area contributed by atoms with Gasteiger partial charge in [-0.25, -0.2) is 9.78 Å². The van der Waals surface area contributed by atoms with Gasteiger partial charge in [-0.05, 0) is 25.3 Å². The van der Waals surface area contributed by atoms with Gasteiger partial charge < -0.3 is 24.3 Å². The van der Waals surface area contributed by atoms with E-state index in [4.69, 9.17) is 14.2 Å². The molecule has 2 aromatic heterocycles. The molecule has 0 radical (unpaired) electrons. The highest BCUT2D eigenvalue weighted by Crippen LogP contribution is 2.31. The van der Waals surface area contributed by atoms with Crippen molar-refractivity contribution < 1.29 is 24.1 Å². The summed E-state index contributed by atoms with van der Waals surface area (Å²) in [5.41, 5.74) is 1.26. The molecule has 5 rings (SSSR count). The topological polar surface area (TPSA) is 115 Å². The van der Waals surface area contributed by atoms with E-state index in [0.717, 1.165) is 25.1 Å². The molecule has 0 spiro atoms. The normalized spacial score (nSPS) is 20.2. The molecule has 2 aliphatic heterocycles. The molecule has 0 saturated carbocycles. The minimum absolute atomic E-state index is 0.0177. The van der Waals surface area contributed by atoms with Crippen molar-refractivity contribution in [3.63, 3.8) is 0 Å². The van der Waals surface area contributed by atoms with Gasteiger partial charge in [-0.15, -0.1) is 0 Å². The molecule has 3 aromatic rings. The Morgan fingerprint density at radius 3 is 2.73 bits per heavy atom. The number of benzene rings is 1. The molecule has 4 heterocycles. The zero-order valence-electron chi connectivity index (χ0n) is 16.4. The third kappa shape index (κ3) is 3.33. The number of rotatable bonds is 5. The van der Waals surface area contributed by atoms with E-state index in [0.29, 0.717) is 49.6 Å². The highest BCUT2D eigenvalue weighted by atomic mass is 16.5. The standard InChI is InChI=1S/C21H23N3O6/c25-20-17-9-22-19(13-2-5-28-6-3-13)24(17)16-8-18(30-11-12-1-4-29-10-12)14(21(26)27)7-15(16)23-20/h7-9,12-13H,1-6,10-11H2,(H,23,25)(H,26,27). The van der Waals surface area contributed by atoms with E-state index in [-0.39, 0.29) is 28.7 Å². The SMILES string of the molecule is O=C(O)c1cc2[nH]c(=O)c3cnc(C4CCOCC4)n3c2cc1OCC1CCOC1. The summed E-state index contributed by atoms with van der Waals surface area (Å²) in [7, 11) is 0. The highest BCUT2D eigenvalue weighted by molar-refractivity contribution is 5.96. The summed E-state index contributed by atoms with van der Waals surface area (Å²) in [4.78, 5) is 31.8. The quantitative estimate of drug-likeness (QED) is 0.659. The Kier molecular flexibility index (Phi) is 4.92. The minimum Gasteiger partial charge on any atom is -0.492 e. The van der Waals surface area contributed by atoms with Crippen LogP contribution in [-0.2, 0) is 9.47 Å². The van der Waals surface area contributed by atoms with Gasteiger partial charge in [-0.2, -0.15) is 0 Å². The third-order valence-electron chi connectivity index (χ3n) is 5.92. The lowest BCUT2D eigenvalue weighted by atomic mass is 9.99. The first-order valence-corrected chi connectivity index (χ1v) is 10.2. The van der Waals surface area contributed by atoms with E-state index >= 15 is 0 Å². The van der Waals surface area contributed by atoms with Crippen molar-refractivity contribution in [2.75, 3.05) is 33.0 Å². The summed E-state index contributed by atoms with van der Waals surface area (Å²) >= 11 is 0. The molecule has 2 aliphatic rings. The van der Waals surface area contributed by atoms with Gasteiger partial charge in [0.25, 0.3) is 5.56 Å². The Bertz CT molecular complexity index is 1150. The number of aromatic nitrogens is 3. The monoisotopic (exact) mass is 413 g/mol. The molecule has 0 aliphatic carbocycles. The van der Waals surface area contributed by atoms with E-state index in [9.17, 15) is 14.7 Å². The number of nitrogens with zero attached hydrogens (tertiary/aromatic N) is 2. The van der Waals surface area contributed by atoms with Crippen LogP contribution in [0.5, 0.6) is 5.75 Å². The zero-order valence-corrected chi connectivity index (χ0v) is 16.4. The lowest BCUT2D eigenvalue weighted by Crippen LogP contribution is -2.18. The number of fused-ring (bicyclic) bond motifs is 3. The zero-order chi connectivity index (χ0) is 20.7. The molecule has 158 valence electrons. The Hall–Kier alpha value is -2.91. The fourth-order valence-electron chi connectivity index (χ4n) is 4.27. The molecule has 1 aromatic carbocycles. The van der Waals surface area contributed by atoms with E-state index in [1.807, 2.05) is 4.40 Å². The lowest BCUT2D eigenvalue weighted by molar-refractivity contribution is 0.0691. The van der Waals surface area contributed by atoms with Gasteiger partial charge >= 0.3 is 5.97 Å². The highest BCUT2D eigenvalue weighted by Gasteiger charge is 2.24. The molecular formula is C21H23N3O6. The maximum atomic E-state index is 12.6. The lowest BCUT2D eigenvalue weighted by Gasteiger charge is -2.21. The summed E-state index contributed by atoms with van der Waals surface area (Å²) in [5, 5.41) is 9.69. The van der Waals surface area contributed by atoms with E-state index in [1.54, 1.807) is 12.3 Å². The van der Waals surface area contributed by atoms with Gasteiger partial charge in [-0.1, -0.05) is 0 Å². The summed E-state index contributed by atoms with van der Waals surface area (Å²) in [6, 6.07) is 3.16. The van der Waals surface area contributed by atoms with Gasteiger partial charge in [0, 0.05) is 37.7 Å². The Balaban J connectivity index is 1.65. The largest absolute Gasteiger partial charge is 0.492 e. The second-order valence-corrected chi connectivity index (χ2v) is 7.89. The molecule has 2 fully saturated rings. The summed E-state index contributed by atoms with van der Waals surface area (Å²) in [5.74, 6) is 0.379. The Morgan fingerprint density at radius 1 is 1.20 bits per heavy atom. The van der Waals surface area contributed by atoms with E-state index in [1.165, 1.54) is 6.07 Å². The van der Waals surface area contributed by atoms with Crippen molar-refractivity contribution in [3.8, 4) is 5.75 Å². The second kappa shape index (κ2) is 7.73. The first-order valence-electron chi connectivity index (χ1n) is 10.2. The smallest absolute Gasteiger partial charge is 0.339 e. The number of nitrogens with one attached hydrogen (secondary N) is 1. The molecule has 9 nitrogen and oxygen atoms in total. The summed E-state index contributed by atoms with van der Waals surface area (Å²) < 4.78 is 18.6. The first-order chi connectivity index (χ1) is 14.6. The van der Waals surface area contributed by atoms with Gasteiger partial charge in [0.15, 0.2) is 0 Å². The van der Waals surface area contributed by atoms with Crippen molar-refractivity contribution in [2.45, 2.75) is 25.2 Å². The predicted molar refractivity (Wildman–Crippen MR) is 107 cm³/mol. The number of hydrogen-bond donors (Lipinski definition) is 2. The van der Waals surface area contributed by atoms with Crippen molar-refractivity contribution in [1.82, 2.24) is 14.4 Å². The maximum absolute atomic E-state index is 12.6. The molecule has 0 amide bonds. The predicted octanol–water partition coefficient (Wildman–Crippen LogP) is 2.18. The number of ether oxygens (including phenoxy) is 3. The third-order valence-corrected chi connectivity index (χ3v) is 5.92.